The summed E-state index contributed by atoms with van der Waals surface area (Å²) in [5.74, 6) is 0. The summed E-state index contributed by atoms with van der Waals surface area (Å²) >= 11 is 0. The van der Waals surface area contributed by atoms with Crippen LogP contribution in [0, 0.1) is 0 Å². The third-order valence-electron chi connectivity index (χ3n) is 1.15. The molecule has 0 rings (SSSR count). The Morgan fingerprint density at radius 3 is 0.810 bits per heavy atom. The van der Waals surface area contributed by atoms with Crippen molar-refractivity contribution in [2.75, 3.05) is 18.9 Å². The van der Waals surface area contributed by atoms with Crippen molar-refractivity contribution < 1.29 is 266 Å². The third kappa shape index (κ3) is 35.3. The van der Waals surface area contributed by atoms with Gasteiger partial charge in [0.1, 0.15) is 18.9 Å². The van der Waals surface area contributed by atoms with E-state index in [1.54, 1.807) is 0 Å². The normalized spacial score (nSPS) is 11.0. The molecular formula is C3H12CuK4NO9P3+4. The van der Waals surface area contributed by atoms with Crippen molar-refractivity contribution in [1.82, 2.24) is 4.90 Å². The van der Waals surface area contributed by atoms with Gasteiger partial charge in [-0.25, -0.2) is 0 Å². The van der Waals surface area contributed by atoms with Crippen LogP contribution in [0.1, 0.15) is 0 Å². The predicted octanol–water partition coefficient (Wildman–Crippen LogP) is -13.3. The van der Waals surface area contributed by atoms with E-state index in [1.165, 1.54) is 0 Å². The molecule has 0 aromatic rings. The van der Waals surface area contributed by atoms with Crippen LogP contribution in [0.15, 0.2) is 0 Å². The van der Waals surface area contributed by atoms with E-state index in [4.69, 9.17) is 29.4 Å². The standard InChI is InChI=1S/C3H12NO9P3.Cu.4K/c5-14(6,7)1-4(2-15(8,9)10)3-16(11,12)13;;;;;/h1-3H2,(H2,5,6,7)(H2,8,9,10)(H2,11,12,13);;;;;/q;;4*+1. The van der Waals surface area contributed by atoms with E-state index in [9.17, 15) is 13.7 Å². The van der Waals surface area contributed by atoms with Crippen molar-refractivity contribution in [3.8, 4) is 0 Å². The van der Waals surface area contributed by atoms with E-state index in [1.807, 2.05) is 0 Å². The van der Waals surface area contributed by atoms with Crippen molar-refractivity contribution in [2.24, 2.45) is 0 Å². The summed E-state index contributed by atoms with van der Waals surface area (Å²) in [4.78, 5) is 51.6. The second kappa shape index (κ2) is 19.4. The molecular weight excluding hydrogens is 507 g/mol. The van der Waals surface area contributed by atoms with Crippen LogP contribution < -0.4 is 206 Å². The van der Waals surface area contributed by atoms with Gasteiger partial charge in [0.05, 0.1) is 0 Å². The van der Waals surface area contributed by atoms with E-state index >= 15 is 0 Å². The minimum Gasteiger partial charge on any atom is -0.324 e. The fourth-order valence-corrected chi connectivity index (χ4v) is 3.55. The molecule has 0 aromatic heterocycles. The molecule has 0 unspecified atom stereocenters. The Kier molecular flexibility index (Phi) is 39.4. The Morgan fingerprint density at radius 2 is 0.714 bits per heavy atom. The Balaban J connectivity index is -0.000000112. The Labute approximate surface area is 303 Å². The van der Waals surface area contributed by atoms with Crippen LogP contribution in [0.5, 0.6) is 0 Å². The van der Waals surface area contributed by atoms with Crippen molar-refractivity contribution >= 4 is 22.8 Å². The van der Waals surface area contributed by atoms with Crippen molar-refractivity contribution in [3.63, 3.8) is 0 Å². The molecule has 6 N–H and O–H groups in total. The average molecular weight is 519 g/mol. The summed E-state index contributed by atoms with van der Waals surface area (Å²) < 4.78 is 31.7. The number of hydrogen-bond donors (Lipinski definition) is 6. The number of nitrogens with zero attached hydrogens (tertiary/aromatic N) is 1. The monoisotopic (exact) mass is 518 g/mol. The van der Waals surface area contributed by atoms with E-state index in [-0.39, 0.29) is 223 Å². The molecule has 0 saturated heterocycles. The molecule has 109 valence electrons. The number of hydrogen-bond acceptors (Lipinski definition) is 4. The summed E-state index contributed by atoms with van der Waals surface area (Å²) in [6.45, 7) is 0. The van der Waals surface area contributed by atoms with Crippen LogP contribution in [0.2, 0.25) is 0 Å². The second-order valence-electron chi connectivity index (χ2n) is 3.09. The van der Waals surface area contributed by atoms with Gasteiger partial charge in [-0.05, 0) is 0 Å². The zero-order valence-electron chi connectivity index (χ0n) is 12.1. The van der Waals surface area contributed by atoms with Crippen LogP contribution in [-0.4, -0.2) is 53.1 Å². The SMILES string of the molecule is O=P(O)(O)CN(CP(=O)(O)O)CP(=O)(O)O.[Cu].[K+].[K+].[K+].[K+]. The fourth-order valence-electron chi connectivity index (χ4n) is 0.916. The zero-order chi connectivity index (χ0) is 13.2. The maximum Gasteiger partial charge on any atom is 1.00 e. The molecule has 18 heteroatoms. The Morgan fingerprint density at radius 1 is 0.571 bits per heavy atom. The van der Waals surface area contributed by atoms with Crippen LogP contribution in [0.4, 0.5) is 0 Å². The first-order valence-electron chi connectivity index (χ1n) is 3.65. The average Bonchev–Trinajstić information content (AvgIpc) is 1.70. The van der Waals surface area contributed by atoms with Crippen LogP contribution in [-0.2, 0) is 30.8 Å². The van der Waals surface area contributed by atoms with Gasteiger partial charge in [-0.1, -0.05) is 0 Å². The molecule has 0 bridgehead atoms. The number of rotatable bonds is 6. The quantitative estimate of drug-likeness (QED) is 0.146. The maximum absolute atomic E-state index is 10.6. The summed E-state index contributed by atoms with van der Waals surface area (Å²) in [5, 5.41) is 0. The molecule has 0 amide bonds. The summed E-state index contributed by atoms with van der Waals surface area (Å²) in [6.07, 6.45) is -3.41. The van der Waals surface area contributed by atoms with Gasteiger partial charge in [-0.2, -0.15) is 0 Å². The van der Waals surface area contributed by atoms with Gasteiger partial charge in [0.2, 0.25) is 0 Å². The van der Waals surface area contributed by atoms with E-state index in [0.29, 0.717) is 4.90 Å². The van der Waals surface area contributed by atoms with Crippen molar-refractivity contribution in [3.05, 3.63) is 0 Å². The third-order valence-corrected chi connectivity index (χ3v) is 3.46. The van der Waals surface area contributed by atoms with Crippen molar-refractivity contribution in [2.45, 2.75) is 0 Å². The largest absolute Gasteiger partial charge is 1.00 e. The predicted molar refractivity (Wildman–Crippen MR) is 52.6 cm³/mol. The van der Waals surface area contributed by atoms with Crippen LogP contribution >= 0.6 is 22.8 Å². The first-order valence-corrected chi connectivity index (χ1v) is 9.04. The van der Waals surface area contributed by atoms with Gasteiger partial charge in [0.25, 0.3) is 0 Å². The van der Waals surface area contributed by atoms with Gasteiger partial charge in [0.15, 0.2) is 0 Å². The summed E-state index contributed by atoms with van der Waals surface area (Å²) in [6, 6.07) is 0. The molecule has 10 nitrogen and oxygen atoms in total. The molecule has 0 aliphatic carbocycles. The molecule has 0 fully saturated rings. The van der Waals surface area contributed by atoms with Crippen LogP contribution in [0.3, 0.4) is 0 Å². The fraction of sp³-hybridized carbons (Fsp3) is 1.00. The van der Waals surface area contributed by atoms with Gasteiger partial charge in [0, 0.05) is 17.1 Å². The Hall–Kier alpha value is 7.47. The molecule has 21 heavy (non-hydrogen) atoms. The minimum atomic E-state index is -4.65. The second-order valence-corrected chi connectivity index (χ2v) is 7.93. The molecule has 0 aliphatic rings. The van der Waals surface area contributed by atoms with E-state index < -0.39 is 41.6 Å². The Bertz CT molecular complexity index is 325. The molecule has 0 spiro atoms. The molecule has 0 aliphatic heterocycles. The molecule has 0 atom stereocenters. The molecule has 0 saturated carbocycles. The van der Waals surface area contributed by atoms with Gasteiger partial charge in [-0.15, -0.1) is 0 Å². The van der Waals surface area contributed by atoms with Gasteiger partial charge >= 0.3 is 228 Å². The molecule has 1 radical (unpaired) electrons. The first kappa shape index (κ1) is 42.6. The van der Waals surface area contributed by atoms with Gasteiger partial charge in [-0.3, -0.25) is 18.6 Å². The van der Waals surface area contributed by atoms with E-state index in [0.717, 1.165) is 0 Å². The van der Waals surface area contributed by atoms with E-state index in [2.05, 4.69) is 0 Å². The smallest absolute Gasteiger partial charge is 0.324 e. The zero-order valence-corrected chi connectivity index (χ0v) is 28.2. The van der Waals surface area contributed by atoms with Crippen LogP contribution in [0.25, 0.3) is 0 Å². The molecule has 0 heterocycles. The summed E-state index contributed by atoms with van der Waals surface area (Å²) in [5.41, 5.74) is 0. The molecule has 0 aromatic carbocycles. The van der Waals surface area contributed by atoms with Crippen molar-refractivity contribution in [1.29, 1.82) is 0 Å². The summed E-state index contributed by atoms with van der Waals surface area (Å²) in [7, 11) is -14.0. The first-order chi connectivity index (χ1) is 6.79. The topological polar surface area (TPSA) is 176 Å². The maximum atomic E-state index is 10.6. The minimum absolute atomic E-state index is 0. The van der Waals surface area contributed by atoms with Gasteiger partial charge < -0.3 is 29.4 Å².